The Hall–Kier alpha value is -3.61. The lowest BCUT2D eigenvalue weighted by atomic mass is 9.72. The Morgan fingerprint density at radius 1 is 1.10 bits per heavy atom. The van der Waals surface area contributed by atoms with Gasteiger partial charge in [0.05, 0.1) is 25.5 Å². The smallest absolute Gasteiger partial charge is 0.233 e. The summed E-state index contributed by atoms with van der Waals surface area (Å²) in [5, 5.41) is 7.50. The van der Waals surface area contributed by atoms with Crippen LogP contribution in [0.2, 0.25) is 0 Å². The number of carbonyl (C=O) groups excluding carboxylic acids is 1. The van der Waals surface area contributed by atoms with Crippen LogP contribution in [0.15, 0.2) is 58.5 Å². The van der Waals surface area contributed by atoms with E-state index < -0.39 is 0 Å². The second-order valence-corrected chi connectivity index (χ2v) is 7.89. The highest BCUT2D eigenvalue weighted by atomic mass is 16.5. The van der Waals surface area contributed by atoms with Crippen LogP contribution >= 0.6 is 0 Å². The zero-order valence-electron chi connectivity index (χ0n) is 17.6. The number of aromatic nitrogens is 2. The van der Waals surface area contributed by atoms with E-state index in [9.17, 15) is 4.79 Å². The van der Waals surface area contributed by atoms with Crippen molar-refractivity contribution in [1.29, 1.82) is 0 Å². The molecule has 0 spiro atoms. The van der Waals surface area contributed by atoms with Gasteiger partial charge in [0.25, 0.3) is 0 Å². The van der Waals surface area contributed by atoms with Crippen molar-refractivity contribution >= 4 is 11.7 Å². The first-order valence-corrected chi connectivity index (χ1v) is 10.2. The molecule has 0 bridgehead atoms. The molecule has 158 valence electrons. The molecule has 0 amide bonds. The van der Waals surface area contributed by atoms with Gasteiger partial charge in [-0.05, 0) is 48.6 Å². The fourth-order valence-corrected chi connectivity index (χ4v) is 4.69. The molecule has 0 saturated carbocycles. The highest BCUT2D eigenvalue weighted by Crippen LogP contribution is 2.49. The van der Waals surface area contributed by atoms with Gasteiger partial charge < -0.3 is 19.3 Å². The van der Waals surface area contributed by atoms with E-state index >= 15 is 0 Å². The van der Waals surface area contributed by atoms with Gasteiger partial charge in [-0.1, -0.05) is 17.3 Å². The summed E-state index contributed by atoms with van der Waals surface area (Å²) in [6.07, 6.45) is 4.65. The fourth-order valence-electron chi connectivity index (χ4n) is 4.69. The molecule has 0 unspecified atom stereocenters. The van der Waals surface area contributed by atoms with Crippen LogP contribution < -0.4 is 14.8 Å². The van der Waals surface area contributed by atoms with Crippen molar-refractivity contribution in [2.24, 2.45) is 0 Å². The number of Topliss-reactive ketones (excluding diaryl/α,β-unsaturated/α-hetero) is 1. The minimum Gasteiger partial charge on any atom is -0.493 e. The zero-order chi connectivity index (χ0) is 21.5. The number of rotatable bonds is 4. The summed E-state index contributed by atoms with van der Waals surface area (Å²) >= 11 is 0. The van der Waals surface area contributed by atoms with E-state index in [0.717, 1.165) is 33.7 Å². The number of methoxy groups -OCH3 is 2. The topological polar surface area (TPSA) is 86.5 Å². The third-order valence-electron chi connectivity index (χ3n) is 6.15. The number of pyridine rings is 1. The van der Waals surface area contributed by atoms with Crippen LogP contribution in [-0.4, -0.2) is 30.1 Å². The van der Waals surface area contributed by atoms with Crippen LogP contribution in [-0.2, 0) is 4.79 Å². The van der Waals surface area contributed by atoms with Gasteiger partial charge in [0.15, 0.2) is 17.3 Å². The average molecular weight is 417 g/mol. The molecule has 3 heterocycles. The number of fused-ring (bicyclic) bond motifs is 1. The lowest BCUT2D eigenvalue weighted by Gasteiger charge is -2.34. The van der Waals surface area contributed by atoms with Gasteiger partial charge in [-0.25, -0.2) is 0 Å². The van der Waals surface area contributed by atoms with Gasteiger partial charge in [-0.15, -0.1) is 0 Å². The van der Waals surface area contributed by atoms with Crippen LogP contribution in [0.25, 0.3) is 0 Å². The van der Waals surface area contributed by atoms with E-state index in [4.69, 9.17) is 14.0 Å². The third kappa shape index (κ3) is 3.17. The second kappa shape index (κ2) is 7.58. The molecule has 0 fully saturated rings. The van der Waals surface area contributed by atoms with E-state index in [0.29, 0.717) is 30.2 Å². The minimum absolute atomic E-state index is 0.0265. The van der Waals surface area contributed by atoms with E-state index in [2.05, 4.69) is 15.5 Å². The first-order chi connectivity index (χ1) is 15.1. The molecule has 1 aromatic carbocycles. The highest BCUT2D eigenvalue weighted by Gasteiger charge is 2.41. The normalized spacial score (nSPS) is 20.0. The quantitative estimate of drug-likeness (QED) is 0.675. The Kier molecular flexibility index (Phi) is 4.73. The number of hydrogen-bond acceptors (Lipinski definition) is 7. The molecule has 1 N–H and O–H groups in total. The number of allylic oxidation sites excluding steroid dienone is 2. The molecular weight excluding hydrogens is 394 g/mol. The number of nitrogens with one attached hydrogen (secondary N) is 1. The first-order valence-electron chi connectivity index (χ1n) is 10.2. The summed E-state index contributed by atoms with van der Waals surface area (Å²) in [5.74, 6) is 1.84. The molecule has 31 heavy (non-hydrogen) atoms. The minimum atomic E-state index is -0.231. The molecule has 0 saturated heterocycles. The Bertz CT molecular complexity index is 1180. The molecule has 1 aliphatic heterocycles. The van der Waals surface area contributed by atoms with Crippen LogP contribution in [0.4, 0.5) is 5.88 Å². The summed E-state index contributed by atoms with van der Waals surface area (Å²) in [6.45, 7) is 1.90. The number of ether oxygens (including phenoxy) is 2. The molecule has 7 nitrogen and oxygen atoms in total. The predicted octanol–water partition coefficient (Wildman–Crippen LogP) is 4.35. The van der Waals surface area contributed by atoms with Crippen LogP contribution in [0.3, 0.4) is 0 Å². The molecule has 5 rings (SSSR count). The van der Waals surface area contributed by atoms with Crippen LogP contribution in [0.5, 0.6) is 11.5 Å². The largest absolute Gasteiger partial charge is 0.493 e. The van der Waals surface area contributed by atoms with E-state index in [1.165, 1.54) is 0 Å². The summed E-state index contributed by atoms with van der Waals surface area (Å²) in [6, 6.07) is 9.72. The number of ketones is 1. The SMILES string of the molecule is COc1ccc([C@@H]2CC(=O)C3=C(C2)Nc2onc(C)c2[C@@H]3c2cccnc2)cc1OC. The zero-order valence-corrected chi connectivity index (χ0v) is 17.6. The Labute approximate surface area is 180 Å². The number of anilines is 1. The lowest BCUT2D eigenvalue weighted by Crippen LogP contribution is -2.29. The molecule has 2 atom stereocenters. The van der Waals surface area contributed by atoms with Gasteiger partial charge >= 0.3 is 0 Å². The number of carbonyl (C=O) groups is 1. The molecule has 2 aliphatic rings. The van der Waals surface area contributed by atoms with Gasteiger partial charge in [0, 0.05) is 36.0 Å². The molecule has 7 heteroatoms. The van der Waals surface area contributed by atoms with Crippen molar-refractivity contribution in [3.63, 3.8) is 0 Å². The van der Waals surface area contributed by atoms with Crippen molar-refractivity contribution in [3.8, 4) is 11.5 Å². The number of benzene rings is 1. The standard InChI is InChI=1S/C24H23N3O4/c1-13-21-22(15-5-4-8-25-12-15)23-17(26-24(21)31-27-13)9-16(10-18(23)28)14-6-7-19(29-2)20(11-14)30-3/h4-8,11-12,16,22,26H,9-10H2,1-3H3/t16-,22-/m0/s1. The third-order valence-corrected chi connectivity index (χ3v) is 6.15. The van der Waals surface area contributed by atoms with Crippen molar-refractivity contribution in [1.82, 2.24) is 10.1 Å². The van der Waals surface area contributed by atoms with Crippen molar-refractivity contribution in [2.75, 3.05) is 19.5 Å². The highest BCUT2D eigenvalue weighted by molar-refractivity contribution is 6.01. The summed E-state index contributed by atoms with van der Waals surface area (Å²) < 4.78 is 16.4. The predicted molar refractivity (Wildman–Crippen MR) is 114 cm³/mol. The van der Waals surface area contributed by atoms with E-state index in [1.54, 1.807) is 20.4 Å². The fraction of sp³-hybridized carbons (Fsp3) is 0.292. The Morgan fingerprint density at radius 3 is 2.68 bits per heavy atom. The molecular formula is C24H23N3O4. The van der Waals surface area contributed by atoms with Gasteiger partial charge in [0.1, 0.15) is 0 Å². The average Bonchev–Trinajstić information content (AvgIpc) is 3.17. The lowest BCUT2D eigenvalue weighted by molar-refractivity contribution is -0.116. The number of nitrogens with zero attached hydrogens (tertiary/aromatic N) is 2. The van der Waals surface area contributed by atoms with Gasteiger partial charge in [0.2, 0.25) is 5.88 Å². The summed E-state index contributed by atoms with van der Waals surface area (Å²) in [5.41, 5.74) is 5.35. The van der Waals surface area contributed by atoms with Crippen molar-refractivity contribution < 1.29 is 18.8 Å². The number of hydrogen-bond donors (Lipinski definition) is 1. The summed E-state index contributed by atoms with van der Waals surface area (Å²) in [7, 11) is 3.23. The number of aryl methyl sites for hydroxylation is 1. The van der Waals surface area contributed by atoms with Crippen LogP contribution in [0.1, 0.15) is 47.1 Å². The summed E-state index contributed by atoms with van der Waals surface area (Å²) in [4.78, 5) is 17.8. The van der Waals surface area contributed by atoms with Gasteiger partial charge in [-0.3, -0.25) is 9.78 Å². The maximum absolute atomic E-state index is 13.5. The van der Waals surface area contributed by atoms with E-state index in [-0.39, 0.29) is 17.6 Å². The monoisotopic (exact) mass is 417 g/mol. The Morgan fingerprint density at radius 2 is 1.94 bits per heavy atom. The maximum atomic E-state index is 13.5. The van der Waals surface area contributed by atoms with Crippen molar-refractivity contribution in [3.05, 3.63) is 76.4 Å². The Balaban J connectivity index is 1.57. The van der Waals surface area contributed by atoms with Crippen LogP contribution in [0, 0.1) is 6.92 Å². The van der Waals surface area contributed by atoms with E-state index in [1.807, 2.05) is 43.5 Å². The molecule has 3 aromatic rings. The maximum Gasteiger partial charge on any atom is 0.233 e. The molecule has 1 aliphatic carbocycles. The molecule has 2 aromatic heterocycles. The molecule has 0 radical (unpaired) electrons. The van der Waals surface area contributed by atoms with Gasteiger partial charge in [-0.2, -0.15) is 0 Å². The first kappa shape index (κ1) is 19.4. The van der Waals surface area contributed by atoms with Crippen molar-refractivity contribution in [2.45, 2.75) is 31.6 Å². The second-order valence-electron chi connectivity index (χ2n) is 7.89.